The molecule has 0 bridgehead atoms. The van der Waals surface area contributed by atoms with Crippen LogP contribution in [0.1, 0.15) is 16.7 Å². The minimum atomic E-state index is -0.495. The van der Waals surface area contributed by atoms with Gasteiger partial charge in [0, 0.05) is 5.69 Å². The van der Waals surface area contributed by atoms with Crippen LogP contribution in [0.4, 0.5) is 5.69 Å². The van der Waals surface area contributed by atoms with Crippen LogP contribution in [0, 0.1) is 25.2 Å². The van der Waals surface area contributed by atoms with Gasteiger partial charge in [-0.2, -0.15) is 5.26 Å². The molecule has 28 heavy (non-hydrogen) atoms. The summed E-state index contributed by atoms with van der Waals surface area (Å²) in [6.07, 6.45) is 1.48. The number of aryl methyl sites for hydroxylation is 2. The van der Waals surface area contributed by atoms with Crippen LogP contribution in [-0.4, -0.2) is 25.6 Å². The van der Waals surface area contributed by atoms with Gasteiger partial charge < -0.3 is 14.8 Å². The Bertz CT molecular complexity index is 977. The summed E-state index contributed by atoms with van der Waals surface area (Å²) in [5, 5.41) is 12.1. The lowest BCUT2D eigenvalue weighted by atomic mass is 10.1. The van der Waals surface area contributed by atoms with Crippen LogP contribution in [0.15, 0.2) is 46.4 Å². The molecule has 2 aromatic carbocycles. The van der Waals surface area contributed by atoms with Gasteiger partial charge >= 0.3 is 5.97 Å². The van der Waals surface area contributed by atoms with Crippen LogP contribution in [0.25, 0.3) is 6.08 Å². The average Bonchev–Trinajstić information content (AvgIpc) is 2.67. The second-order valence-corrected chi connectivity index (χ2v) is 6.83. The van der Waals surface area contributed by atoms with Crippen molar-refractivity contribution < 1.29 is 19.1 Å². The van der Waals surface area contributed by atoms with E-state index < -0.39 is 11.9 Å². The number of nitrogens with zero attached hydrogens (tertiary/aromatic N) is 1. The highest BCUT2D eigenvalue weighted by Crippen LogP contribution is 2.27. The number of methoxy groups -OCH3 is 1. The van der Waals surface area contributed by atoms with E-state index >= 15 is 0 Å². The molecular weight excluding hydrogens is 424 g/mol. The molecule has 0 aromatic heterocycles. The first-order chi connectivity index (χ1) is 13.3. The molecule has 0 spiro atoms. The number of carbonyl (C=O) groups is 2. The SMILES string of the molecule is COC(=O)COc1ccc(/C=C(\C#N)C(=O)Nc2ccc(C)c(C)c2)cc1Br. The summed E-state index contributed by atoms with van der Waals surface area (Å²) >= 11 is 3.35. The third-order valence-corrected chi connectivity index (χ3v) is 4.59. The molecule has 0 unspecified atom stereocenters. The number of amides is 1. The largest absolute Gasteiger partial charge is 0.481 e. The Morgan fingerprint density at radius 1 is 1.18 bits per heavy atom. The first kappa shape index (κ1) is 21.2. The minimum Gasteiger partial charge on any atom is -0.481 e. The number of benzene rings is 2. The molecular formula is C21H19BrN2O4. The smallest absolute Gasteiger partial charge is 0.343 e. The molecule has 1 amide bonds. The van der Waals surface area contributed by atoms with Gasteiger partial charge in [0.15, 0.2) is 6.61 Å². The van der Waals surface area contributed by atoms with Crippen molar-refractivity contribution in [2.24, 2.45) is 0 Å². The van der Waals surface area contributed by atoms with Crippen molar-refractivity contribution in [2.75, 3.05) is 19.0 Å². The molecule has 0 fully saturated rings. The van der Waals surface area contributed by atoms with E-state index in [1.807, 2.05) is 32.0 Å². The van der Waals surface area contributed by atoms with Crippen LogP contribution in [0.3, 0.4) is 0 Å². The van der Waals surface area contributed by atoms with Gasteiger partial charge in [0.25, 0.3) is 5.91 Å². The third kappa shape index (κ3) is 5.69. The summed E-state index contributed by atoms with van der Waals surface area (Å²) in [5.41, 5.74) is 3.39. The van der Waals surface area contributed by atoms with E-state index in [0.717, 1.165) is 11.1 Å². The molecule has 0 saturated carbocycles. The molecule has 0 atom stereocenters. The Labute approximate surface area is 171 Å². The molecule has 7 heteroatoms. The molecule has 0 aliphatic carbocycles. The maximum absolute atomic E-state index is 12.4. The monoisotopic (exact) mass is 442 g/mol. The number of nitrogens with one attached hydrogen (secondary N) is 1. The van der Waals surface area contributed by atoms with Gasteiger partial charge in [-0.25, -0.2) is 4.79 Å². The highest BCUT2D eigenvalue weighted by molar-refractivity contribution is 9.10. The zero-order valence-electron chi connectivity index (χ0n) is 15.7. The number of carbonyl (C=O) groups excluding carboxylic acids is 2. The Kier molecular flexibility index (Phi) is 7.36. The second kappa shape index (κ2) is 9.72. The third-order valence-electron chi connectivity index (χ3n) is 3.97. The number of nitriles is 1. The summed E-state index contributed by atoms with van der Waals surface area (Å²) in [4.78, 5) is 23.6. The lowest BCUT2D eigenvalue weighted by Crippen LogP contribution is -2.13. The van der Waals surface area contributed by atoms with E-state index in [1.54, 1.807) is 24.3 Å². The second-order valence-electron chi connectivity index (χ2n) is 5.98. The number of anilines is 1. The van der Waals surface area contributed by atoms with Crippen LogP contribution in [0.2, 0.25) is 0 Å². The van der Waals surface area contributed by atoms with Crippen molar-refractivity contribution in [3.63, 3.8) is 0 Å². The predicted octanol–water partition coefficient (Wildman–Crippen LogP) is 4.16. The van der Waals surface area contributed by atoms with Crippen molar-refractivity contribution in [1.29, 1.82) is 5.26 Å². The molecule has 0 aliphatic heterocycles. The van der Waals surface area contributed by atoms with Crippen molar-refractivity contribution in [2.45, 2.75) is 13.8 Å². The van der Waals surface area contributed by atoms with E-state index in [4.69, 9.17) is 4.74 Å². The van der Waals surface area contributed by atoms with E-state index in [2.05, 4.69) is 26.0 Å². The lowest BCUT2D eigenvalue weighted by Gasteiger charge is -2.09. The first-order valence-electron chi connectivity index (χ1n) is 8.33. The Balaban J connectivity index is 2.15. The number of hydrogen-bond acceptors (Lipinski definition) is 5. The fourth-order valence-electron chi connectivity index (χ4n) is 2.25. The van der Waals surface area contributed by atoms with E-state index in [-0.39, 0.29) is 12.2 Å². The Morgan fingerprint density at radius 3 is 2.54 bits per heavy atom. The zero-order valence-corrected chi connectivity index (χ0v) is 17.3. The summed E-state index contributed by atoms with van der Waals surface area (Å²) in [5.74, 6) is -0.542. The van der Waals surface area contributed by atoms with Gasteiger partial charge in [-0.05, 0) is 76.8 Å². The molecule has 0 aliphatic rings. The van der Waals surface area contributed by atoms with Crippen molar-refractivity contribution in [1.82, 2.24) is 0 Å². The Hall–Kier alpha value is -3.11. The van der Waals surface area contributed by atoms with E-state index in [0.29, 0.717) is 21.5 Å². The molecule has 2 rings (SSSR count). The van der Waals surface area contributed by atoms with Crippen molar-refractivity contribution in [3.8, 4) is 11.8 Å². The molecule has 144 valence electrons. The zero-order chi connectivity index (χ0) is 20.7. The average molecular weight is 443 g/mol. The molecule has 0 heterocycles. The van der Waals surface area contributed by atoms with Gasteiger partial charge in [-0.1, -0.05) is 12.1 Å². The summed E-state index contributed by atoms with van der Waals surface area (Å²) in [6, 6.07) is 12.5. The van der Waals surface area contributed by atoms with Gasteiger partial charge in [-0.3, -0.25) is 4.79 Å². The minimum absolute atomic E-state index is 0.0339. The first-order valence-corrected chi connectivity index (χ1v) is 9.13. The molecule has 1 N–H and O–H groups in total. The van der Waals surface area contributed by atoms with Crippen LogP contribution >= 0.6 is 15.9 Å². The maximum atomic E-state index is 12.4. The van der Waals surface area contributed by atoms with Crippen molar-refractivity contribution in [3.05, 3.63) is 63.1 Å². The number of halogens is 1. The topological polar surface area (TPSA) is 88.4 Å². The van der Waals surface area contributed by atoms with Crippen LogP contribution in [0.5, 0.6) is 5.75 Å². The predicted molar refractivity (Wildman–Crippen MR) is 110 cm³/mol. The van der Waals surface area contributed by atoms with Gasteiger partial charge in [0.05, 0.1) is 11.6 Å². The normalized spacial score (nSPS) is 10.8. The summed E-state index contributed by atoms with van der Waals surface area (Å²) in [7, 11) is 1.28. The summed E-state index contributed by atoms with van der Waals surface area (Å²) < 4.78 is 10.4. The number of rotatable bonds is 6. The van der Waals surface area contributed by atoms with Crippen LogP contribution < -0.4 is 10.1 Å². The molecule has 0 saturated heterocycles. The summed E-state index contributed by atoms with van der Waals surface area (Å²) in [6.45, 7) is 3.72. The lowest BCUT2D eigenvalue weighted by molar-refractivity contribution is -0.142. The molecule has 2 aromatic rings. The molecule has 6 nitrogen and oxygen atoms in total. The standard InChI is InChI=1S/C21H19BrN2O4/c1-13-4-6-17(8-14(13)2)24-21(26)16(11-23)9-15-5-7-19(18(22)10-15)28-12-20(25)27-3/h4-10H,12H2,1-3H3,(H,24,26)/b16-9+. The van der Waals surface area contributed by atoms with E-state index in [9.17, 15) is 14.9 Å². The maximum Gasteiger partial charge on any atom is 0.343 e. The van der Waals surface area contributed by atoms with E-state index in [1.165, 1.54) is 13.2 Å². The Morgan fingerprint density at radius 2 is 1.93 bits per heavy atom. The highest BCUT2D eigenvalue weighted by atomic mass is 79.9. The number of esters is 1. The quantitative estimate of drug-likeness (QED) is 0.412. The van der Waals surface area contributed by atoms with Crippen LogP contribution in [-0.2, 0) is 14.3 Å². The fourth-order valence-corrected chi connectivity index (χ4v) is 2.76. The number of hydrogen-bond donors (Lipinski definition) is 1. The van der Waals surface area contributed by atoms with Gasteiger partial charge in [0.2, 0.25) is 0 Å². The highest BCUT2D eigenvalue weighted by Gasteiger charge is 2.11. The van der Waals surface area contributed by atoms with Crippen molar-refractivity contribution >= 4 is 39.6 Å². The van der Waals surface area contributed by atoms with Gasteiger partial charge in [-0.15, -0.1) is 0 Å². The fraction of sp³-hybridized carbons (Fsp3) is 0.190. The van der Waals surface area contributed by atoms with Gasteiger partial charge in [0.1, 0.15) is 17.4 Å². The molecule has 0 radical (unpaired) electrons. The number of ether oxygens (including phenoxy) is 2.